The monoisotopic (exact) mass is 246 g/mol. The first-order valence-corrected chi connectivity index (χ1v) is 6.86. The summed E-state index contributed by atoms with van der Waals surface area (Å²) in [6.07, 6.45) is 1.19. The lowest BCUT2D eigenvalue weighted by molar-refractivity contribution is 0.00837. The van der Waals surface area contributed by atoms with Crippen LogP contribution < -0.4 is 5.73 Å². The highest BCUT2D eigenvalue weighted by molar-refractivity contribution is 5.30. The van der Waals surface area contributed by atoms with Crippen LogP contribution in [0.4, 0.5) is 0 Å². The van der Waals surface area contributed by atoms with Crippen LogP contribution in [-0.2, 0) is 4.74 Å². The number of nitrogens with zero attached hydrogens (tertiary/aromatic N) is 1. The number of hydrogen-bond donors (Lipinski definition) is 1. The van der Waals surface area contributed by atoms with E-state index in [-0.39, 0.29) is 0 Å². The molecule has 3 rings (SSSR count). The molecular weight excluding hydrogens is 224 g/mol. The standard InChI is InChI=1S/C15H22N2O/c1-17-8-11(7-16)5-15(17)13-4-2-3-12(6-13)14-9-18-10-14/h2-4,6,11,14-15H,5,7-10,16H2,1H3. The van der Waals surface area contributed by atoms with Crippen LogP contribution in [0.15, 0.2) is 24.3 Å². The third-order valence-corrected chi connectivity index (χ3v) is 4.37. The molecule has 98 valence electrons. The number of nitrogens with two attached hydrogens (primary N) is 1. The fourth-order valence-corrected chi connectivity index (χ4v) is 3.11. The van der Waals surface area contributed by atoms with Gasteiger partial charge in [-0.05, 0) is 37.1 Å². The highest BCUT2D eigenvalue weighted by atomic mass is 16.5. The van der Waals surface area contributed by atoms with Crippen molar-refractivity contribution in [3.05, 3.63) is 35.4 Å². The number of ether oxygens (including phenoxy) is 1. The molecule has 2 aliphatic heterocycles. The van der Waals surface area contributed by atoms with E-state index in [0.717, 1.165) is 26.3 Å². The predicted octanol–water partition coefficient (Wildman–Crippen LogP) is 1.75. The summed E-state index contributed by atoms with van der Waals surface area (Å²) in [5.41, 5.74) is 8.68. The summed E-state index contributed by atoms with van der Waals surface area (Å²) in [6, 6.07) is 9.58. The number of benzene rings is 1. The van der Waals surface area contributed by atoms with Crippen LogP contribution in [0.25, 0.3) is 0 Å². The highest BCUT2D eigenvalue weighted by Gasteiger charge is 2.30. The Morgan fingerprint density at radius 3 is 2.72 bits per heavy atom. The van der Waals surface area contributed by atoms with Gasteiger partial charge in [0.2, 0.25) is 0 Å². The first-order valence-electron chi connectivity index (χ1n) is 6.86. The van der Waals surface area contributed by atoms with Crippen LogP contribution in [0.1, 0.15) is 29.5 Å². The van der Waals surface area contributed by atoms with Crippen molar-refractivity contribution in [3.8, 4) is 0 Å². The Morgan fingerprint density at radius 1 is 1.33 bits per heavy atom. The third-order valence-electron chi connectivity index (χ3n) is 4.37. The van der Waals surface area contributed by atoms with Gasteiger partial charge < -0.3 is 10.5 Å². The van der Waals surface area contributed by atoms with Crippen LogP contribution in [0.2, 0.25) is 0 Å². The van der Waals surface area contributed by atoms with E-state index >= 15 is 0 Å². The number of likely N-dealkylation sites (tertiary alicyclic amines) is 1. The molecule has 0 aromatic heterocycles. The van der Waals surface area contributed by atoms with Gasteiger partial charge in [-0.1, -0.05) is 24.3 Å². The van der Waals surface area contributed by atoms with Crippen LogP contribution in [-0.4, -0.2) is 38.3 Å². The van der Waals surface area contributed by atoms with E-state index in [1.807, 2.05) is 0 Å². The fraction of sp³-hybridized carbons (Fsp3) is 0.600. The molecule has 2 heterocycles. The van der Waals surface area contributed by atoms with Crippen LogP contribution >= 0.6 is 0 Å². The number of rotatable bonds is 3. The molecule has 3 heteroatoms. The van der Waals surface area contributed by atoms with E-state index in [2.05, 4.69) is 36.2 Å². The lowest BCUT2D eigenvalue weighted by Gasteiger charge is -2.28. The van der Waals surface area contributed by atoms with Gasteiger partial charge in [0.15, 0.2) is 0 Å². The van der Waals surface area contributed by atoms with Gasteiger partial charge in [-0.2, -0.15) is 0 Å². The minimum absolute atomic E-state index is 0.541. The second-order valence-corrected chi connectivity index (χ2v) is 5.70. The molecule has 2 N–H and O–H groups in total. The van der Waals surface area contributed by atoms with Gasteiger partial charge in [-0.25, -0.2) is 0 Å². The second-order valence-electron chi connectivity index (χ2n) is 5.70. The predicted molar refractivity (Wildman–Crippen MR) is 72.5 cm³/mol. The molecule has 2 unspecified atom stereocenters. The van der Waals surface area contributed by atoms with Crippen molar-refractivity contribution in [1.82, 2.24) is 4.90 Å². The van der Waals surface area contributed by atoms with Gasteiger partial charge in [0.25, 0.3) is 0 Å². The average Bonchev–Trinajstić information content (AvgIpc) is 2.69. The molecule has 2 fully saturated rings. The van der Waals surface area contributed by atoms with Gasteiger partial charge in [0.1, 0.15) is 0 Å². The SMILES string of the molecule is CN1CC(CN)CC1c1cccc(C2COC2)c1. The van der Waals surface area contributed by atoms with Gasteiger partial charge in [0, 0.05) is 18.5 Å². The quantitative estimate of drug-likeness (QED) is 0.883. The van der Waals surface area contributed by atoms with Crippen molar-refractivity contribution in [2.75, 3.05) is 33.4 Å². The summed E-state index contributed by atoms with van der Waals surface area (Å²) in [4.78, 5) is 2.44. The van der Waals surface area contributed by atoms with Gasteiger partial charge >= 0.3 is 0 Å². The molecule has 2 saturated heterocycles. The van der Waals surface area contributed by atoms with E-state index < -0.39 is 0 Å². The van der Waals surface area contributed by atoms with Crippen molar-refractivity contribution in [2.24, 2.45) is 11.7 Å². The lowest BCUT2D eigenvalue weighted by Crippen LogP contribution is -2.25. The molecule has 0 saturated carbocycles. The van der Waals surface area contributed by atoms with E-state index in [1.54, 1.807) is 0 Å². The normalized spacial score (nSPS) is 29.4. The minimum Gasteiger partial charge on any atom is -0.380 e. The first kappa shape index (κ1) is 12.2. The lowest BCUT2D eigenvalue weighted by atomic mass is 9.92. The minimum atomic E-state index is 0.541. The highest BCUT2D eigenvalue weighted by Crippen LogP contribution is 2.35. The molecule has 3 nitrogen and oxygen atoms in total. The summed E-state index contributed by atoms with van der Waals surface area (Å²) in [7, 11) is 2.21. The van der Waals surface area contributed by atoms with Gasteiger partial charge in [0.05, 0.1) is 13.2 Å². The van der Waals surface area contributed by atoms with Crippen LogP contribution in [0.3, 0.4) is 0 Å². The van der Waals surface area contributed by atoms with Gasteiger partial charge in [-0.3, -0.25) is 4.90 Å². The Kier molecular flexibility index (Phi) is 3.37. The molecule has 2 aliphatic rings. The van der Waals surface area contributed by atoms with Crippen LogP contribution in [0, 0.1) is 5.92 Å². The summed E-state index contributed by atoms with van der Waals surface area (Å²) in [5.74, 6) is 1.26. The van der Waals surface area contributed by atoms with Crippen LogP contribution in [0.5, 0.6) is 0 Å². The zero-order valence-corrected chi connectivity index (χ0v) is 11.0. The zero-order valence-electron chi connectivity index (χ0n) is 11.0. The molecular formula is C15H22N2O. The Balaban J connectivity index is 1.79. The smallest absolute Gasteiger partial charge is 0.0557 e. The number of hydrogen-bond acceptors (Lipinski definition) is 3. The maximum Gasteiger partial charge on any atom is 0.0557 e. The molecule has 0 bridgehead atoms. The zero-order chi connectivity index (χ0) is 12.5. The molecule has 0 radical (unpaired) electrons. The molecule has 0 aliphatic carbocycles. The Hall–Kier alpha value is -0.900. The molecule has 1 aromatic carbocycles. The summed E-state index contributed by atoms with van der Waals surface area (Å²) < 4.78 is 5.28. The van der Waals surface area contributed by atoms with Crippen molar-refractivity contribution in [3.63, 3.8) is 0 Å². The van der Waals surface area contributed by atoms with E-state index in [1.165, 1.54) is 17.5 Å². The van der Waals surface area contributed by atoms with Gasteiger partial charge in [-0.15, -0.1) is 0 Å². The summed E-state index contributed by atoms with van der Waals surface area (Å²) >= 11 is 0. The Bertz CT molecular complexity index is 417. The van der Waals surface area contributed by atoms with Crippen molar-refractivity contribution < 1.29 is 4.74 Å². The maximum absolute atomic E-state index is 5.80. The molecule has 18 heavy (non-hydrogen) atoms. The first-order chi connectivity index (χ1) is 8.78. The molecule has 1 aromatic rings. The average molecular weight is 246 g/mol. The van der Waals surface area contributed by atoms with Crippen molar-refractivity contribution in [1.29, 1.82) is 0 Å². The topological polar surface area (TPSA) is 38.5 Å². The van der Waals surface area contributed by atoms with E-state index in [4.69, 9.17) is 10.5 Å². The third kappa shape index (κ3) is 2.18. The summed E-state index contributed by atoms with van der Waals surface area (Å²) in [6.45, 7) is 3.69. The Morgan fingerprint density at radius 2 is 2.11 bits per heavy atom. The maximum atomic E-state index is 5.80. The molecule has 2 atom stereocenters. The van der Waals surface area contributed by atoms with Crippen molar-refractivity contribution in [2.45, 2.75) is 18.4 Å². The fourth-order valence-electron chi connectivity index (χ4n) is 3.11. The molecule has 0 spiro atoms. The second kappa shape index (κ2) is 5.00. The van der Waals surface area contributed by atoms with E-state index in [9.17, 15) is 0 Å². The molecule has 0 amide bonds. The Labute approximate surface area is 109 Å². The largest absolute Gasteiger partial charge is 0.380 e. The van der Waals surface area contributed by atoms with E-state index in [0.29, 0.717) is 17.9 Å². The summed E-state index contributed by atoms with van der Waals surface area (Å²) in [5, 5.41) is 0. The van der Waals surface area contributed by atoms with Crippen molar-refractivity contribution >= 4 is 0 Å².